The molecule has 0 saturated heterocycles. The highest BCUT2D eigenvalue weighted by Crippen LogP contribution is 2.32. The fourth-order valence-electron chi connectivity index (χ4n) is 1.52. The normalized spacial score (nSPS) is 17.1. The highest BCUT2D eigenvalue weighted by Gasteiger charge is 2.33. The Balaban J connectivity index is 3.06. The number of hydrogen-bond acceptors (Lipinski definition) is 3. The second-order valence-electron chi connectivity index (χ2n) is 4.21. The maximum atomic E-state index is 10.2. The van der Waals surface area contributed by atoms with Gasteiger partial charge in [-0.3, -0.25) is 4.68 Å². The highest BCUT2D eigenvalue weighted by atomic mass is 79.9. The van der Waals surface area contributed by atoms with E-state index in [1.54, 1.807) is 17.8 Å². The molecule has 0 radical (unpaired) electrons. The summed E-state index contributed by atoms with van der Waals surface area (Å²) in [6, 6.07) is 0. The molecule has 0 amide bonds. The summed E-state index contributed by atoms with van der Waals surface area (Å²) in [6.07, 6.45) is 2.14. The van der Waals surface area contributed by atoms with Crippen molar-refractivity contribution in [1.29, 1.82) is 0 Å². The number of aromatic nitrogens is 2. The van der Waals surface area contributed by atoms with E-state index in [0.717, 1.165) is 17.4 Å². The van der Waals surface area contributed by atoms with Crippen LogP contribution in [0.25, 0.3) is 0 Å². The molecule has 0 aliphatic carbocycles. The first-order chi connectivity index (χ1) is 7.44. The topological polar surface area (TPSA) is 58.3 Å². The summed E-state index contributed by atoms with van der Waals surface area (Å²) in [5.41, 5.74) is -0.484. The van der Waals surface area contributed by atoms with Crippen LogP contribution in [0.4, 0.5) is 0 Å². The Morgan fingerprint density at radius 3 is 2.69 bits per heavy atom. The summed E-state index contributed by atoms with van der Waals surface area (Å²) in [6.45, 7) is 6.26. The van der Waals surface area contributed by atoms with Crippen LogP contribution in [0.1, 0.15) is 45.4 Å². The Labute approximate surface area is 104 Å². The van der Waals surface area contributed by atoms with Crippen molar-refractivity contribution in [3.05, 3.63) is 16.4 Å². The number of hydrogen-bond donors (Lipinski definition) is 2. The molecule has 0 spiro atoms. The van der Waals surface area contributed by atoms with Gasteiger partial charge in [-0.2, -0.15) is 5.10 Å². The molecule has 2 unspecified atom stereocenters. The molecule has 16 heavy (non-hydrogen) atoms. The molecule has 2 atom stereocenters. The van der Waals surface area contributed by atoms with Crippen LogP contribution in [-0.2, 0) is 6.54 Å². The predicted molar refractivity (Wildman–Crippen MR) is 66.1 cm³/mol. The molecule has 92 valence electrons. The van der Waals surface area contributed by atoms with Crippen LogP contribution in [0.2, 0.25) is 0 Å². The molecular formula is C11H19BrN2O2. The van der Waals surface area contributed by atoms with E-state index in [1.165, 1.54) is 0 Å². The molecule has 5 heteroatoms. The maximum Gasteiger partial charge on any atom is 0.125 e. The van der Waals surface area contributed by atoms with Crippen LogP contribution in [-0.4, -0.2) is 25.6 Å². The van der Waals surface area contributed by atoms with Crippen LogP contribution in [0.15, 0.2) is 10.7 Å². The summed E-state index contributed by atoms with van der Waals surface area (Å²) in [4.78, 5) is 0. The van der Waals surface area contributed by atoms with Gasteiger partial charge in [0.2, 0.25) is 0 Å². The number of aliphatic hydroxyl groups excluding tert-OH is 1. The van der Waals surface area contributed by atoms with Crippen LogP contribution in [0.5, 0.6) is 0 Å². The summed E-state index contributed by atoms with van der Waals surface area (Å²) in [5.74, 6) is 0. The third kappa shape index (κ3) is 2.64. The molecular weight excluding hydrogens is 272 g/mol. The first-order valence-electron chi connectivity index (χ1n) is 5.55. The molecule has 4 nitrogen and oxygen atoms in total. The van der Waals surface area contributed by atoms with Gasteiger partial charge in [-0.1, -0.05) is 13.8 Å². The van der Waals surface area contributed by atoms with E-state index in [2.05, 4.69) is 21.0 Å². The Bertz CT molecular complexity index is 350. The van der Waals surface area contributed by atoms with E-state index in [-0.39, 0.29) is 0 Å². The van der Waals surface area contributed by atoms with Crippen molar-refractivity contribution in [3.63, 3.8) is 0 Å². The van der Waals surface area contributed by atoms with Gasteiger partial charge in [-0.15, -0.1) is 0 Å². The minimum absolute atomic E-state index is 0.484. The molecule has 1 heterocycles. The smallest absolute Gasteiger partial charge is 0.125 e. The molecule has 1 aromatic rings. The van der Waals surface area contributed by atoms with Gasteiger partial charge in [0, 0.05) is 6.54 Å². The largest absolute Gasteiger partial charge is 0.387 e. The van der Waals surface area contributed by atoms with E-state index < -0.39 is 11.7 Å². The van der Waals surface area contributed by atoms with Crippen LogP contribution >= 0.6 is 15.9 Å². The second-order valence-corrected chi connectivity index (χ2v) is 5.07. The van der Waals surface area contributed by atoms with E-state index in [9.17, 15) is 10.2 Å². The molecule has 0 fully saturated rings. The average Bonchev–Trinajstić information content (AvgIpc) is 2.59. The summed E-state index contributed by atoms with van der Waals surface area (Å²) >= 11 is 3.35. The van der Waals surface area contributed by atoms with Crippen molar-refractivity contribution in [2.75, 3.05) is 0 Å². The van der Waals surface area contributed by atoms with E-state index in [1.807, 2.05) is 13.8 Å². The fourth-order valence-corrected chi connectivity index (χ4v) is 2.03. The minimum atomic E-state index is -1.13. The van der Waals surface area contributed by atoms with E-state index in [4.69, 9.17) is 0 Å². The second kappa shape index (κ2) is 5.29. The van der Waals surface area contributed by atoms with Crippen molar-refractivity contribution in [3.8, 4) is 0 Å². The molecule has 0 aliphatic heterocycles. The zero-order valence-corrected chi connectivity index (χ0v) is 11.5. The molecule has 0 saturated carbocycles. The van der Waals surface area contributed by atoms with Crippen LogP contribution in [0, 0.1) is 0 Å². The molecule has 0 bridgehead atoms. The van der Waals surface area contributed by atoms with Gasteiger partial charge >= 0.3 is 0 Å². The first kappa shape index (κ1) is 13.7. The highest BCUT2D eigenvalue weighted by molar-refractivity contribution is 9.10. The molecule has 1 rings (SSSR count). The lowest BCUT2D eigenvalue weighted by Crippen LogP contribution is -2.33. The molecule has 2 N–H and O–H groups in total. The van der Waals surface area contributed by atoms with Gasteiger partial charge in [-0.25, -0.2) is 0 Å². The number of aryl methyl sites for hydroxylation is 1. The van der Waals surface area contributed by atoms with Crippen molar-refractivity contribution in [1.82, 2.24) is 9.78 Å². The van der Waals surface area contributed by atoms with Crippen molar-refractivity contribution in [2.24, 2.45) is 0 Å². The van der Waals surface area contributed by atoms with Gasteiger partial charge < -0.3 is 10.2 Å². The zero-order chi connectivity index (χ0) is 12.3. The first-order valence-corrected chi connectivity index (χ1v) is 6.35. The number of aliphatic hydroxyl groups is 2. The predicted octanol–water partition coefficient (Wildman–Crippen LogP) is 2.25. The van der Waals surface area contributed by atoms with Gasteiger partial charge in [-0.05, 0) is 35.7 Å². The van der Waals surface area contributed by atoms with Crippen molar-refractivity contribution in [2.45, 2.75) is 51.9 Å². The van der Waals surface area contributed by atoms with Crippen LogP contribution < -0.4 is 0 Å². The molecule has 1 aromatic heterocycles. The lowest BCUT2D eigenvalue weighted by atomic mass is 9.94. The minimum Gasteiger partial charge on any atom is -0.387 e. The van der Waals surface area contributed by atoms with E-state index in [0.29, 0.717) is 12.1 Å². The Morgan fingerprint density at radius 1 is 1.56 bits per heavy atom. The Kier molecular flexibility index (Phi) is 4.52. The number of halogens is 1. The Hall–Kier alpha value is -0.390. The maximum absolute atomic E-state index is 10.2. The average molecular weight is 291 g/mol. The van der Waals surface area contributed by atoms with E-state index >= 15 is 0 Å². The van der Waals surface area contributed by atoms with Gasteiger partial charge in [0.05, 0.1) is 22.0 Å². The molecule has 0 aliphatic rings. The summed E-state index contributed by atoms with van der Waals surface area (Å²) in [5, 5.41) is 24.4. The quantitative estimate of drug-likeness (QED) is 0.874. The SMILES string of the molecule is CCCn1ncc(Br)c1C(O)C(C)(O)CC. The van der Waals surface area contributed by atoms with Crippen molar-refractivity contribution >= 4 is 15.9 Å². The summed E-state index contributed by atoms with van der Waals surface area (Å²) < 4.78 is 2.47. The third-order valence-electron chi connectivity index (χ3n) is 2.83. The number of nitrogens with zero attached hydrogens (tertiary/aromatic N) is 2. The monoisotopic (exact) mass is 290 g/mol. The third-order valence-corrected chi connectivity index (χ3v) is 3.44. The fraction of sp³-hybridized carbons (Fsp3) is 0.727. The van der Waals surface area contributed by atoms with Gasteiger partial charge in [0.15, 0.2) is 0 Å². The van der Waals surface area contributed by atoms with Gasteiger partial charge in [0.1, 0.15) is 6.10 Å². The van der Waals surface area contributed by atoms with Gasteiger partial charge in [0.25, 0.3) is 0 Å². The van der Waals surface area contributed by atoms with Crippen molar-refractivity contribution < 1.29 is 10.2 Å². The Morgan fingerprint density at radius 2 is 2.19 bits per heavy atom. The zero-order valence-electron chi connectivity index (χ0n) is 9.94. The standard InChI is InChI=1S/C11H19BrN2O2/c1-4-6-14-9(8(12)7-13-14)10(15)11(3,16)5-2/h7,10,15-16H,4-6H2,1-3H3. The summed E-state index contributed by atoms with van der Waals surface area (Å²) in [7, 11) is 0. The lowest BCUT2D eigenvalue weighted by molar-refractivity contribution is -0.0700. The lowest BCUT2D eigenvalue weighted by Gasteiger charge is -2.28. The molecule has 0 aromatic carbocycles. The number of rotatable bonds is 5. The van der Waals surface area contributed by atoms with Crippen LogP contribution in [0.3, 0.4) is 0 Å².